The third kappa shape index (κ3) is 6.15. The SMILES string of the molecule is CC(C)c1ccc(C[NH+]2CCN(C(=O)c3ccc(CS(C)(=O)=O)cc3)CC2)cc1. The molecule has 3 rings (SSSR count). The highest BCUT2D eigenvalue weighted by atomic mass is 32.2. The van der Waals surface area contributed by atoms with E-state index in [2.05, 4.69) is 38.1 Å². The van der Waals surface area contributed by atoms with E-state index in [4.69, 9.17) is 0 Å². The molecule has 2 aromatic rings. The van der Waals surface area contributed by atoms with Gasteiger partial charge in [0.25, 0.3) is 5.91 Å². The maximum Gasteiger partial charge on any atom is 0.254 e. The fraction of sp³-hybridized carbons (Fsp3) is 0.435. The number of nitrogens with zero attached hydrogens (tertiary/aromatic N) is 1. The third-order valence-electron chi connectivity index (χ3n) is 5.49. The molecule has 1 aliphatic rings. The number of hydrogen-bond donors (Lipinski definition) is 1. The van der Waals surface area contributed by atoms with Gasteiger partial charge in [-0.15, -0.1) is 0 Å². The molecule has 6 heteroatoms. The molecule has 1 amide bonds. The first-order chi connectivity index (χ1) is 13.7. The maximum absolute atomic E-state index is 12.8. The van der Waals surface area contributed by atoms with E-state index < -0.39 is 9.84 Å². The molecule has 0 unspecified atom stereocenters. The van der Waals surface area contributed by atoms with Crippen molar-refractivity contribution in [2.24, 2.45) is 0 Å². The fourth-order valence-corrected chi connectivity index (χ4v) is 4.54. The predicted molar refractivity (Wildman–Crippen MR) is 116 cm³/mol. The Kier molecular flexibility index (Phi) is 6.75. The van der Waals surface area contributed by atoms with Crippen LogP contribution in [0, 0.1) is 0 Å². The Balaban J connectivity index is 1.52. The average molecular weight is 416 g/mol. The molecule has 2 aromatic carbocycles. The highest BCUT2D eigenvalue weighted by molar-refractivity contribution is 7.89. The van der Waals surface area contributed by atoms with Crippen LogP contribution >= 0.6 is 0 Å². The largest absolute Gasteiger partial charge is 0.328 e. The van der Waals surface area contributed by atoms with Crippen LogP contribution in [0.25, 0.3) is 0 Å². The van der Waals surface area contributed by atoms with E-state index in [0.29, 0.717) is 17.0 Å². The number of carbonyl (C=O) groups excluding carboxylic acids is 1. The minimum atomic E-state index is -3.07. The predicted octanol–water partition coefficient (Wildman–Crippen LogP) is 1.90. The molecule has 156 valence electrons. The van der Waals surface area contributed by atoms with Gasteiger partial charge >= 0.3 is 0 Å². The van der Waals surface area contributed by atoms with Crippen molar-refractivity contribution in [2.75, 3.05) is 32.4 Å². The van der Waals surface area contributed by atoms with Crippen LogP contribution in [0.5, 0.6) is 0 Å². The lowest BCUT2D eigenvalue weighted by Gasteiger charge is -2.32. The number of amides is 1. The summed E-state index contributed by atoms with van der Waals surface area (Å²) >= 11 is 0. The molecule has 1 fully saturated rings. The number of piperazine rings is 1. The quantitative estimate of drug-likeness (QED) is 0.784. The van der Waals surface area contributed by atoms with Crippen molar-refractivity contribution in [3.05, 3.63) is 70.8 Å². The number of hydrogen-bond acceptors (Lipinski definition) is 3. The van der Waals surface area contributed by atoms with Crippen LogP contribution in [0.4, 0.5) is 0 Å². The Hall–Kier alpha value is -2.18. The molecule has 0 atom stereocenters. The second-order valence-electron chi connectivity index (χ2n) is 8.38. The van der Waals surface area contributed by atoms with Crippen LogP contribution in [-0.2, 0) is 22.1 Å². The third-order valence-corrected chi connectivity index (χ3v) is 6.35. The zero-order valence-corrected chi connectivity index (χ0v) is 18.3. The van der Waals surface area contributed by atoms with Crippen molar-refractivity contribution in [2.45, 2.75) is 32.1 Å². The fourth-order valence-electron chi connectivity index (χ4n) is 3.74. The van der Waals surface area contributed by atoms with Crippen molar-refractivity contribution in [1.82, 2.24) is 4.90 Å². The molecule has 1 saturated heterocycles. The summed E-state index contributed by atoms with van der Waals surface area (Å²) < 4.78 is 22.8. The first-order valence-corrected chi connectivity index (χ1v) is 12.3. The normalized spacial score (nSPS) is 15.7. The summed E-state index contributed by atoms with van der Waals surface area (Å²) in [5.41, 5.74) is 4.03. The number of rotatable bonds is 6. The van der Waals surface area contributed by atoms with Crippen LogP contribution in [0.1, 0.15) is 46.8 Å². The summed E-state index contributed by atoms with van der Waals surface area (Å²) in [4.78, 5) is 16.2. The van der Waals surface area contributed by atoms with Gasteiger partial charge in [-0.25, -0.2) is 8.42 Å². The molecule has 0 saturated carbocycles. The van der Waals surface area contributed by atoms with E-state index in [1.54, 1.807) is 24.3 Å². The Labute approximate surface area is 174 Å². The number of benzene rings is 2. The first kappa shape index (κ1) is 21.5. The van der Waals surface area contributed by atoms with Crippen LogP contribution in [0.3, 0.4) is 0 Å². The Bertz CT molecular complexity index is 927. The van der Waals surface area contributed by atoms with Gasteiger partial charge in [0.2, 0.25) is 0 Å². The van der Waals surface area contributed by atoms with Gasteiger partial charge in [-0.3, -0.25) is 4.79 Å². The molecular formula is C23H31N2O3S+. The van der Waals surface area contributed by atoms with Crippen molar-refractivity contribution in [1.29, 1.82) is 0 Å². The van der Waals surface area contributed by atoms with E-state index in [-0.39, 0.29) is 11.7 Å². The average Bonchev–Trinajstić information content (AvgIpc) is 2.68. The lowest BCUT2D eigenvalue weighted by atomic mass is 10.0. The zero-order chi connectivity index (χ0) is 21.0. The molecular weight excluding hydrogens is 384 g/mol. The van der Waals surface area contributed by atoms with E-state index in [1.165, 1.54) is 22.3 Å². The van der Waals surface area contributed by atoms with Crippen LogP contribution in [0.2, 0.25) is 0 Å². The molecule has 1 aliphatic heterocycles. The number of sulfone groups is 1. The summed E-state index contributed by atoms with van der Waals surface area (Å²) in [5.74, 6) is 0.574. The van der Waals surface area contributed by atoms with Gasteiger partial charge in [0.05, 0.1) is 31.9 Å². The van der Waals surface area contributed by atoms with Crippen molar-refractivity contribution in [3.63, 3.8) is 0 Å². The van der Waals surface area contributed by atoms with E-state index >= 15 is 0 Å². The first-order valence-electron chi connectivity index (χ1n) is 10.2. The monoisotopic (exact) mass is 415 g/mol. The lowest BCUT2D eigenvalue weighted by molar-refractivity contribution is -0.917. The molecule has 29 heavy (non-hydrogen) atoms. The van der Waals surface area contributed by atoms with Crippen LogP contribution in [0.15, 0.2) is 48.5 Å². The summed E-state index contributed by atoms with van der Waals surface area (Å²) in [7, 11) is -3.07. The summed E-state index contributed by atoms with van der Waals surface area (Å²) in [6.07, 6.45) is 1.21. The summed E-state index contributed by atoms with van der Waals surface area (Å²) in [5, 5.41) is 0. The van der Waals surface area contributed by atoms with Gasteiger partial charge in [-0.2, -0.15) is 0 Å². The second-order valence-corrected chi connectivity index (χ2v) is 10.5. The van der Waals surface area contributed by atoms with Gasteiger partial charge in [0.15, 0.2) is 9.84 Å². The van der Waals surface area contributed by atoms with Crippen molar-refractivity contribution in [3.8, 4) is 0 Å². The Morgan fingerprint density at radius 3 is 2.03 bits per heavy atom. The van der Waals surface area contributed by atoms with Gasteiger partial charge in [-0.05, 0) is 29.2 Å². The molecule has 0 aromatic heterocycles. The van der Waals surface area contributed by atoms with E-state index in [9.17, 15) is 13.2 Å². The summed E-state index contributed by atoms with van der Waals surface area (Å²) in [6.45, 7) is 8.74. The molecule has 1 N–H and O–H groups in total. The highest BCUT2D eigenvalue weighted by Gasteiger charge is 2.24. The van der Waals surface area contributed by atoms with Gasteiger partial charge in [-0.1, -0.05) is 50.2 Å². The van der Waals surface area contributed by atoms with Gasteiger partial charge < -0.3 is 9.80 Å². The van der Waals surface area contributed by atoms with Crippen LogP contribution in [-0.4, -0.2) is 51.7 Å². The molecule has 0 spiro atoms. The Morgan fingerprint density at radius 1 is 0.966 bits per heavy atom. The van der Waals surface area contributed by atoms with Crippen LogP contribution < -0.4 is 4.90 Å². The molecule has 0 bridgehead atoms. The molecule has 1 heterocycles. The minimum absolute atomic E-state index is 0.00164. The van der Waals surface area contributed by atoms with E-state index in [1.807, 2.05) is 4.90 Å². The molecule has 0 radical (unpaired) electrons. The molecule has 0 aliphatic carbocycles. The topological polar surface area (TPSA) is 58.9 Å². The maximum atomic E-state index is 12.8. The highest BCUT2D eigenvalue weighted by Crippen LogP contribution is 2.14. The van der Waals surface area contributed by atoms with Crippen molar-refractivity contribution < 1.29 is 18.1 Å². The van der Waals surface area contributed by atoms with E-state index in [0.717, 1.165) is 32.7 Å². The molecule has 5 nitrogen and oxygen atoms in total. The van der Waals surface area contributed by atoms with Gasteiger partial charge in [0.1, 0.15) is 6.54 Å². The number of quaternary nitrogens is 1. The Morgan fingerprint density at radius 2 is 1.52 bits per heavy atom. The smallest absolute Gasteiger partial charge is 0.254 e. The minimum Gasteiger partial charge on any atom is -0.328 e. The standard InChI is InChI=1S/C23H30N2O3S/c1-18(2)21-8-4-19(5-9-21)16-24-12-14-25(15-13-24)23(26)22-10-6-20(7-11-22)17-29(3,27)28/h4-11,18H,12-17H2,1-3H3/p+1. The van der Waals surface area contributed by atoms with Gasteiger partial charge in [0, 0.05) is 17.4 Å². The second kappa shape index (κ2) is 9.09. The number of nitrogens with one attached hydrogen (secondary N) is 1. The lowest BCUT2D eigenvalue weighted by Crippen LogP contribution is -3.13. The number of carbonyl (C=O) groups is 1. The van der Waals surface area contributed by atoms with Crippen molar-refractivity contribution >= 4 is 15.7 Å². The summed E-state index contributed by atoms with van der Waals surface area (Å²) in [6, 6.07) is 15.8. The zero-order valence-electron chi connectivity index (χ0n) is 17.5.